The number of ketones is 2. The predicted molar refractivity (Wildman–Crippen MR) is 109 cm³/mol. The molecule has 2 aliphatic rings. The highest BCUT2D eigenvalue weighted by molar-refractivity contribution is 6.55. The van der Waals surface area contributed by atoms with Crippen molar-refractivity contribution in [3.05, 3.63) is 59.2 Å². The molecule has 0 radical (unpaired) electrons. The maximum Gasteiger partial charge on any atom is 0.411 e. The van der Waals surface area contributed by atoms with Crippen molar-refractivity contribution < 1.29 is 27.9 Å². The van der Waals surface area contributed by atoms with Gasteiger partial charge in [0, 0.05) is 22.9 Å². The van der Waals surface area contributed by atoms with Crippen LogP contribution in [0.1, 0.15) is 33.6 Å². The SMILES string of the molecule is COC(=O)Nc1ccc2c(c1)C(=O)C(N1CCCC1)C(=Nc1ccc(F)c(F)c1)C2=O. The number of benzene rings is 2. The number of amides is 1. The lowest BCUT2D eigenvalue weighted by atomic mass is 9.83. The van der Waals surface area contributed by atoms with Gasteiger partial charge in [-0.05, 0) is 56.3 Å². The summed E-state index contributed by atoms with van der Waals surface area (Å²) >= 11 is 0. The summed E-state index contributed by atoms with van der Waals surface area (Å²) in [6.45, 7) is 1.21. The summed E-state index contributed by atoms with van der Waals surface area (Å²) in [5.41, 5.74) is 0.635. The van der Waals surface area contributed by atoms with E-state index in [0.29, 0.717) is 18.8 Å². The van der Waals surface area contributed by atoms with Crippen LogP contribution in [0.25, 0.3) is 0 Å². The lowest BCUT2D eigenvalue weighted by Crippen LogP contribution is -2.51. The van der Waals surface area contributed by atoms with Crippen LogP contribution in [0.4, 0.5) is 25.0 Å². The van der Waals surface area contributed by atoms with Crippen LogP contribution in [-0.4, -0.2) is 54.5 Å². The molecular formula is C22H19F2N3O4. The zero-order chi connectivity index (χ0) is 22.1. The minimum absolute atomic E-state index is 0.0286. The first-order valence-corrected chi connectivity index (χ1v) is 9.74. The van der Waals surface area contributed by atoms with Crippen molar-refractivity contribution in [2.75, 3.05) is 25.5 Å². The first kappa shape index (κ1) is 20.8. The van der Waals surface area contributed by atoms with Crippen LogP contribution in [0.15, 0.2) is 41.4 Å². The van der Waals surface area contributed by atoms with Gasteiger partial charge in [0.15, 0.2) is 17.4 Å². The number of anilines is 1. The standard InChI is InChI=1S/C22H19F2N3O4/c1-31-22(30)26-12-4-6-14-15(10-12)21(29)19(27-8-2-3-9-27)18(20(14)28)25-13-5-7-16(23)17(24)11-13/h4-7,10-11,19H,2-3,8-9H2,1H3,(H,26,30). The summed E-state index contributed by atoms with van der Waals surface area (Å²) in [4.78, 5) is 44.3. The molecule has 4 rings (SSSR count). The number of aliphatic imine (C=N–C) groups is 1. The number of hydrogen-bond donors (Lipinski definition) is 1. The predicted octanol–water partition coefficient (Wildman–Crippen LogP) is 3.76. The summed E-state index contributed by atoms with van der Waals surface area (Å²) in [7, 11) is 1.22. The van der Waals surface area contributed by atoms with Crippen molar-refractivity contribution in [1.82, 2.24) is 4.90 Å². The van der Waals surface area contributed by atoms with E-state index < -0.39 is 29.6 Å². The molecule has 0 spiro atoms. The van der Waals surface area contributed by atoms with Crippen LogP contribution in [0.3, 0.4) is 0 Å². The average molecular weight is 427 g/mol. The molecule has 0 saturated carbocycles. The Balaban J connectivity index is 1.80. The first-order valence-electron chi connectivity index (χ1n) is 9.74. The molecule has 7 nitrogen and oxygen atoms in total. The summed E-state index contributed by atoms with van der Waals surface area (Å²) in [6.07, 6.45) is 1.03. The van der Waals surface area contributed by atoms with Crippen LogP contribution in [0.2, 0.25) is 0 Å². The number of fused-ring (bicyclic) bond motifs is 1. The van der Waals surface area contributed by atoms with E-state index in [1.165, 1.54) is 31.4 Å². The van der Waals surface area contributed by atoms with Gasteiger partial charge in [-0.25, -0.2) is 18.6 Å². The lowest BCUT2D eigenvalue weighted by Gasteiger charge is -2.31. The monoisotopic (exact) mass is 427 g/mol. The van der Waals surface area contributed by atoms with Gasteiger partial charge in [-0.15, -0.1) is 0 Å². The van der Waals surface area contributed by atoms with Crippen molar-refractivity contribution >= 4 is 34.7 Å². The summed E-state index contributed by atoms with van der Waals surface area (Å²) in [5.74, 6) is -2.93. The molecule has 2 aromatic rings. The van der Waals surface area contributed by atoms with E-state index in [1.807, 2.05) is 4.90 Å². The van der Waals surface area contributed by atoms with Gasteiger partial charge in [0.1, 0.15) is 11.8 Å². The molecule has 31 heavy (non-hydrogen) atoms. The minimum Gasteiger partial charge on any atom is -0.453 e. The average Bonchev–Trinajstić information content (AvgIpc) is 3.28. The molecule has 1 N–H and O–H groups in total. The minimum atomic E-state index is -1.09. The molecular weight excluding hydrogens is 408 g/mol. The van der Waals surface area contributed by atoms with Crippen molar-refractivity contribution in [3.8, 4) is 0 Å². The second-order valence-electron chi connectivity index (χ2n) is 7.31. The number of carbonyl (C=O) groups excluding carboxylic acids is 3. The first-order chi connectivity index (χ1) is 14.9. The Morgan fingerprint density at radius 2 is 1.81 bits per heavy atom. The van der Waals surface area contributed by atoms with Crippen LogP contribution < -0.4 is 5.32 Å². The molecule has 160 valence electrons. The van der Waals surface area contributed by atoms with Gasteiger partial charge in [-0.1, -0.05) is 0 Å². The number of Topliss-reactive ketones (excluding diaryl/α,β-unsaturated/α-hetero) is 2. The molecule has 1 aliphatic carbocycles. The number of nitrogens with zero attached hydrogens (tertiary/aromatic N) is 2. The number of methoxy groups -OCH3 is 1. The van der Waals surface area contributed by atoms with Gasteiger partial charge in [0.2, 0.25) is 5.78 Å². The normalized spacial score (nSPS) is 20.1. The Labute approximate surface area is 176 Å². The largest absolute Gasteiger partial charge is 0.453 e. The second-order valence-corrected chi connectivity index (χ2v) is 7.31. The quantitative estimate of drug-likeness (QED) is 0.806. The van der Waals surface area contributed by atoms with Crippen molar-refractivity contribution in [2.24, 2.45) is 4.99 Å². The Morgan fingerprint density at radius 1 is 1.06 bits per heavy atom. The van der Waals surface area contributed by atoms with Gasteiger partial charge in [-0.2, -0.15) is 0 Å². The van der Waals surface area contributed by atoms with E-state index >= 15 is 0 Å². The van der Waals surface area contributed by atoms with Gasteiger partial charge < -0.3 is 4.74 Å². The third-order valence-electron chi connectivity index (χ3n) is 5.36. The molecule has 0 aromatic heterocycles. The fraction of sp³-hybridized carbons (Fsp3) is 0.273. The number of halogens is 2. The number of rotatable bonds is 3. The molecule has 1 amide bonds. The van der Waals surface area contributed by atoms with E-state index in [9.17, 15) is 23.2 Å². The van der Waals surface area contributed by atoms with Crippen molar-refractivity contribution in [2.45, 2.75) is 18.9 Å². The number of ether oxygens (including phenoxy) is 1. The van der Waals surface area contributed by atoms with E-state index in [2.05, 4.69) is 15.0 Å². The number of hydrogen-bond acceptors (Lipinski definition) is 6. The van der Waals surface area contributed by atoms with Crippen LogP contribution in [-0.2, 0) is 4.74 Å². The molecule has 1 fully saturated rings. The van der Waals surface area contributed by atoms with Crippen LogP contribution in [0.5, 0.6) is 0 Å². The highest BCUT2D eigenvalue weighted by atomic mass is 19.2. The smallest absolute Gasteiger partial charge is 0.411 e. The number of nitrogens with one attached hydrogen (secondary N) is 1. The lowest BCUT2D eigenvalue weighted by molar-refractivity contribution is 0.0873. The van der Waals surface area contributed by atoms with E-state index in [1.54, 1.807) is 0 Å². The highest BCUT2D eigenvalue weighted by Gasteiger charge is 2.42. The fourth-order valence-electron chi connectivity index (χ4n) is 3.87. The van der Waals surface area contributed by atoms with Crippen molar-refractivity contribution in [1.29, 1.82) is 0 Å². The maximum absolute atomic E-state index is 13.7. The van der Waals surface area contributed by atoms with E-state index in [0.717, 1.165) is 25.0 Å². The number of likely N-dealkylation sites (tertiary alicyclic amines) is 1. The molecule has 1 aliphatic heterocycles. The molecule has 1 heterocycles. The molecule has 1 atom stereocenters. The van der Waals surface area contributed by atoms with Crippen LogP contribution in [0, 0.1) is 11.6 Å². The third-order valence-corrected chi connectivity index (χ3v) is 5.36. The van der Waals surface area contributed by atoms with Gasteiger partial charge >= 0.3 is 6.09 Å². The molecule has 2 aromatic carbocycles. The summed E-state index contributed by atoms with van der Waals surface area (Å²) in [6, 6.07) is 6.47. The fourth-order valence-corrected chi connectivity index (χ4v) is 3.87. The van der Waals surface area contributed by atoms with Gasteiger partial charge in [0.05, 0.1) is 12.8 Å². The second kappa shape index (κ2) is 8.35. The van der Waals surface area contributed by atoms with Crippen LogP contribution >= 0.6 is 0 Å². The van der Waals surface area contributed by atoms with Gasteiger partial charge in [0.25, 0.3) is 0 Å². The zero-order valence-corrected chi connectivity index (χ0v) is 16.7. The Bertz CT molecular complexity index is 1110. The summed E-state index contributed by atoms with van der Waals surface area (Å²) < 4.78 is 31.5. The third kappa shape index (κ3) is 3.96. The Hall–Kier alpha value is -3.46. The summed E-state index contributed by atoms with van der Waals surface area (Å²) in [5, 5.41) is 2.48. The highest BCUT2D eigenvalue weighted by Crippen LogP contribution is 2.30. The molecule has 1 unspecified atom stereocenters. The van der Waals surface area contributed by atoms with Gasteiger partial charge in [-0.3, -0.25) is 19.8 Å². The Kier molecular flexibility index (Phi) is 5.60. The topological polar surface area (TPSA) is 88.1 Å². The molecule has 0 bridgehead atoms. The maximum atomic E-state index is 13.7. The van der Waals surface area contributed by atoms with E-state index in [4.69, 9.17) is 0 Å². The van der Waals surface area contributed by atoms with Crippen molar-refractivity contribution in [3.63, 3.8) is 0 Å². The Morgan fingerprint density at radius 3 is 2.48 bits per heavy atom. The van der Waals surface area contributed by atoms with E-state index in [-0.39, 0.29) is 28.3 Å². The molecule has 9 heteroatoms. The zero-order valence-electron chi connectivity index (χ0n) is 16.7. The number of carbonyl (C=O) groups is 3. The molecule has 1 saturated heterocycles.